The van der Waals surface area contributed by atoms with Crippen molar-refractivity contribution in [3.63, 3.8) is 0 Å². The van der Waals surface area contributed by atoms with Gasteiger partial charge in [-0.3, -0.25) is 4.79 Å². The van der Waals surface area contributed by atoms with Gasteiger partial charge in [-0.05, 0) is 56.7 Å². The van der Waals surface area contributed by atoms with Gasteiger partial charge in [0.15, 0.2) is 11.5 Å². The lowest BCUT2D eigenvalue weighted by Crippen LogP contribution is -2.17. The van der Waals surface area contributed by atoms with Gasteiger partial charge in [-0.2, -0.15) is 0 Å². The fraction of sp³-hybridized carbons (Fsp3) is 0.286. The molecule has 0 spiro atoms. The van der Waals surface area contributed by atoms with Crippen LogP contribution in [-0.2, 0) is 6.54 Å². The van der Waals surface area contributed by atoms with Gasteiger partial charge < -0.3 is 24.1 Å². The van der Waals surface area contributed by atoms with Gasteiger partial charge in [0.1, 0.15) is 11.4 Å². The Bertz CT molecular complexity index is 1020. The lowest BCUT2D eigenvalue weighted by Gasteiger charge is -2.10. The predicted octanol–water partition coefficient (Wildman–Crippen LogP) is 4.35. The average molecular weight is 366 g/mol. The quantitative estimate of drug-likeness (QED) is 0.729. The smallest absolute Gasteiger partial charge is 0.272 e. The zero-order valence-electron chi connectivity index (χ0n) is 15.7. The van der Waals surface area contributed by atoms with Crippen LogP contribution in [0.25, 0.3) is 10.9 Å². The third-order valence-corrected chi connectivity index (χ3v) is 4.76. The molecule has 0 saturated carbocycles. The van der Waals surface area contributed by atoms with Crippen molar-refractivity contribution in [3.05, 3.63) is 47.7 Å². The number of ether oxygens (including phenoxy) is 3. The molecule has 6 nitrogen and oxygen atoms in total. The number of fused-ring (bicyclic) bond motifs is 2. The van der Waals surface area contributed by atoms with Crippen LogP contribution in [0.5, 0.6) is 17.2 Å². The van der Waals surface area contributed by atoms with E-state index in [1.54, 1.807) is 12.1 Å². The van der Waals surface area contributed by atoms with E-state index < -0.39 is 0 Å². The summed E-state index contributed by atoms with van der Waals surface area (Å²) in [6, 6.07) is 11.3. The molecule has 4 rings (SSSR count). The molecule has 1 amide bonds. The van der Waals surface area contributed by atoms with Crippen molar-refractivity contribution in [1.29, 1.82) is 0 Å². The first kappa shape index (κ1) is 17.3. The van der Waals surface area contributed by atoms with E-state index in [1.165, 1.54) is 0 Å². The van der Waals surface area contributed by atoms with Crippen LogP contribution in [0.3, 0.4) is 0 Å². The largest absolute Gasteiger partial charge is 0.494 e. The predicted molar refractivity (Wildman–Crippen MR) is 104 cm³/mol. The molecule has 0 saturated heterocycles. The zero-order chi connectivity index (χ0) is 19.0. The van der Waals surface area contributed by atoms with Crippen molar-refractivity contribution in [1.82, 2.24) is 4.57 Å². The first-order valence-electron chi connectivity index (χ1n) is 9.09. The van der Waals surface area contributed by atoms with E-state index in [0.717, 1.165) is 22.2 Å². The number of anilines is 1. The van der Waals surface area contributed by atoms with E-state index in [4.69, 9.17) is 14.2 Å². The first-order chi connectivity index (χ1) is 13.1. The molecule has 1 aliphatic rings. The van der Waals surface area contributed by atoms with Gasteiger partial charge in [0.25, 0.3) is 5.91 Å². The molecule has 0 radical (unpaired) electrons. The number of benzene rings is 2. The van der Waals surface area contributed by atoms with Gasteiger partial charge in [0, 0.05) is 29.2 Å². The van der Waals surface area contributed by atoms with Crippen LogP contribution in [0.15, 0.2) is 36.4 Å². The number of carbonyl (C=O) groups is 1. The summed E-state index contributed by atoms with van der Waals surface area (Å²) >= 11 is 0. The molecule has 0 bridgehead atoms. The summed E-state index contributed by atoms with van der Waals surface area (Å²) in [5.41, 5.74) is 3.28. The summed E-state index contributed by atoms with van der Waals surface area (Å²) in [6.07, 6.45) is 0. The van der Waals surface area contributed by atoms with Crippen LogP contribution < -0.4 is 19.5 Å². The van der Waals surface area contributed by atoms with Gasteiger partial charge in [-0.1, -0.05) is 0 Å². The number of amides is 1. The van der Waals surface area contributed by atoms with E-state index >= 15 is 0 Å². The molecule has 27 heavy (non-hydrogen) atoms. The number of nitrogens with one attached hydrogen (secondary N) is 1. The van der Waals surface area contributed by atoms with Gasteiger partial charge in [-0.25, -0.2) is 0 Å². The zero-order valence-corrected chi connectivity index (χ0v) is 15.7. The van der Waals surface area contributed by atoms with Crippen molar-refractivity contribution in [2.45, 2.75) is 27.3 Å². The third kappa shape index (κ3) is 2.97. The number of rotatable bonds is 5. The Morgan fingerprint density at radius 3 is 2.74 bits per heavy atom. The molecule has 140 valence electrons. The lowest BCUT2D eigenvalue weighted by atomic mass is 10.1. The van der Waals surface area contributed by atoms with E-state index in [2.05, 4.69) is 5.32 Å². The fourth-order valence-electron chi connectivity index (χ4n) is 3.54. The molecule has 0 atom stereocenters. The standard InChI is InChI=1S/C21H22N2O4/c1-4-23-17-8-7-15(25-5-2)11-16(17)13(3)20(23)21(24)22-14-6-9-18-19(10-14)27-12-26-18/h6-11H,4-5,12H2,1-3H3,(H,22,24). The minimum atomic E-state index is -0.151. The molecular weight excluding hydrogens is 344 g/mol. The highest BCUT2D eigenvalue weighted by molar-refractivity contribution is 6.08. The Morgan fingerprint density at radius 1 is 1.15 bits per heavy atom. The molecule has 1 aliphatic heterocycles. The second-order valence-corrected chi connectivity index (χ2v) is 6.35. The highest BCUT2D eigenvalue weighted by Gasteiger charge is 2.21. The highest BCUT2D eigenvalue weighted by atomic mass is 16.7. The molecule has 0 fully saturated rings. The molecule has 2 heterocycles. The fourth-order valence-corrected chi connectivity index (χ4v) is 3.54. The number of aromatic nitrogens is 1. The number of aryl methyl sites for hydroxylation is 2. The van der Waals surface area contributed by atoms with Crippen molar-refractivity contribution in [2.75, 3.05) is 18.7 Å². The third-order valence-electron chi connectivity index (χ3n) is 4.76. The maximum Gasteiger partial charge on any atom is 0.272 e. The molecule has 2 aromatic carbocycles. The summed E-state index contributed by atoms with van der Waals surface area (Å²) in [5.74, 6) is 1.99. The summed E-state index contributed by atoms with van der Waals surface area (Å²) in [5, 5.41) is 4.00. The number of hydrogen-bond donors (Lipinski definition) is 1. The van der Waals surface area contributed by atoms with E-state index in [1.807, 2.05) is 49.6 Å². The molecule has 0 unspecified atom stereocenters. The van der Waals surface area contributed by atoms with E-state index in [0.29, 0.717) is 36.0 Å². The summed E-state index contributed by atoms with van der Waals surface area (Å²) in [4.78, 5) is 13.1. The van der Waals surface area contributed by atoms with Crippen molar-refractivity contribution in [2.24, 2.45) is 0 Å². The molecule has 1 N–H and O–H groups in total. The van der Waals surface area contributed by atoms with Gasteiger partial charge in [-0.15, -0.1) is 0 Å². The second kappa shape index (κ2) is 6.87. The minimum absolute atomic E-state index is 0.151. The van der Waals surface area contributed by atoms with Crippen LogP contribution in [0.2, 0.25) is 0 Å². The van der Waals surface area contributed by atoms with Crippen LogP contribution in [-0.4, -0.2) is 23.9 Å². The monoisotopic (exact) mass is 366 g/mol. The summed E-state index contributed by atoms with van der Waals surface area (Å²) in [6.45, 7) is 7.47. The Hall–Kier alpha value is -3.15. The minimum Gasteiger partial charge on any atom is -0.494 e. The van der Waals surface area contributed by atoms with E-state index in [9.17, 15) is 4.79 Å². The van der Waals surface area contributed by atoms with Gasteiger partial charge >= 0.3 is 0 Å². The Labute approximate surface area is 157 Å². The van der Waals surface area contributed by atoms with E-state index in [-0.39, 0.29) is 12.7 Å². The van der Waals surface area contributed by atoms with Crippen molar-refractivity contribution < 1.29 is 19.0 Å². The van der Waals surface area contributed by atoms with Crippen LogP contribution in [0.1, 0.15) is 29.9 Å². The molecule has 0 aliphatic carbocycles. The van der Waals surface area contributed by atoms with Crippen LogP contribution >= 0.6 is 0 Å². The van der Waals surface area contributed by atoms with Gasteiger partial charge in [0.2, 0.25) is 6.79 Å². The van der Waals surface area contributed by atoms with Crippen LogP contribution in [0, 0.1) is 6.92 Å². The number of hydrogen-bond acceptors (Lipinski definition) is 4. The van der Waals surface area contributed by atoms with Crippen molar-refractivity contribution >= 4 is 22.5 Å². The maximum atomic E-state index is 13.1. The number of carbonyl (C=O) groups excluding carboxylic acids is 1. The average Bonchev–Trinajstić information content (AvgIpc) is 3.24. The lowest BCUT2D eigenvalue weighted by molar-refractivity contribution is 0.101. The summed E-state index contributed by atoms with van der Waals surface area (Å²) < 4.78 is 18.4. The topological polar surface area (TPSA) is 61.7 Å². The SMILES string of the molecule is CCOc1ccc2c(c1)c(C)c(C(=O)Nc1ccc3c(c1)OCO3)n2CC. The normalized spacial score (nSPS) is 12.4. The van der Waals surface area contributed by atoms with Crippen molar-refractivity contribution in [3.8, 4) is 17.2 Å². The molecule has 3 aromatic rings. The van der Waals surface area contributed by atoms with Gasteiger partial charge in [0.05, 0.1) is 6.61 Å². The maximum absolute atomic E-state index is 13.1. The summed E-state index contributed by atoms with van der Waals surface area (Å²) in [7, 11) is 0. The molecule has 6 heteroatoms. The first-order valence-corrected chi connectivity index (χ1v) is 9.09. The Kier molecular flexibility index (Phi) is 4.39. The second-order valence-electron chi connectivity index (χ2n) is 6.35. The molecule has 1 aromatic heterocycles. The Morgan fingerprint density at radius 2 is 1.96 bits per heavy atom. The number of nitrogens with zero attached hydrogens (tertiary/aromatic N) is 1. The molecular formula is C21H22N2O4. The Balaban J connectivity index is 1.71. The van der Waals surface area contributed by atoms with Crippen LogP contribution in [0.4, 0.5) is 5.69 Å². The highest BCUT2D eigenvalue weighted by Crippen LogP contribution is 2.35.